The van der Waals surface area contributed by atoms with Gasteiger partial charge in [-0.3, -0.25) is 19.7 Å². The van der Waals surface area contributed by atoms with Gasteiger partial charge in [-0.2, -0.15) is 0 Å². The van der Waals surface area contributed by atoms with Gasteiger partial charge in [0.1, 0.15) is 5.75 Å². The Labute approximate surface area is 204 Å². The molecule has 1 N–H and O–H groups in total. The second-order valence-corrected chi connectivity index (χ2v) is 8.72. The number of nitrogens with one attached hydrogen (secondary N) is 1. The molecule has 0 saturated carbocycles. The van der Waals surface area contributed by atoms with Crippen LogP contribution in [0.3, 0.4) is 0 Å². The molecular formula is C26H31N3O6. The highest BCUT2D eigenvalue weighted by molar-refractivity contribution is 6.46. The molecule has 186 valence electrons. The van der Waals surface area contributed by atoms with Gasteiger partial charge < -0.3 is 19.6 Å². The molecule has 3 rings (SSSR count). The molecule has 0 spiro atoms. The number of benzene rings is 2. The maximum absolute atomic E-state index is 13.5. The van der Waals surface area contributed by atoms with Crippen LogP contribution in [0.15, 0.2) is 54.1 Å². The van der Waals surface area contributed by atoms with E-state index in [2.05, 4.69) is 0 Å². The third kappa shape index (κ3) is 5.68. The number of Topliss-reactive ketones (excluding diaryl/α,β-unsaturated/α-hetero) is 1. The van der Waals surface area contributed by atoms with E-state index in [0.29, 0.717) is 17.9 Å². The molecule has 1 saturated heterocycles. The van der Waals surface area contributed by atoms with Gasteiger partial charge in [-0.1, -0.05) is 30.0 Å². The summed E-state index contributed by atoms with van der Waals surface area (Å²) in [5, 5.41) is 24.9. The van der Waals surface area contributed by atoms with Gasteiger partial charge in [0.15, 0.2) is 0 Å². The zero-order chi connectivity index (χ0) is 25.7. The number of hydrogen-bond acceptors (Lipinski definition) is 6. The Hall–Kier alpha value is -3.72. The number of non-ortho nitro benzene ring substituents is 1. The fraction of sp³-hybridized carbons (Fsp3) is 0.385. The number of rotatable bonds is 10. The van der Waals surface area contributed by atoms with Crippen molar-refractivity contribution < 1.29 is 29.3 Å². The van der Waals surface area contributed by atoms with E-state index >= 15 is 0 Å². The highest BCUT2D eigenvalue weighted by atomic mass is 16.6. The summed E-state index contributed by atoms with van der Waals surface area (Å²) in [5.41, 5.74) is 0.230. The number of nitrogens with zero attached hydrogens (tertiary/aromatic N) is 2. The SMILES string of the molecule is CC[NH+](CC)CCN1C(=O)C(=O)C(=C([O-])c2ccc(OC(C)C)cc2)C1c1cccc([N+](=O)[O-])c1. The lowest BCUT2D eigenvalue weighted by Crippen LogP contribution is -3.12. The first kappa shape index (κ1) is 25.9. The van der Waals surface area contributed by atoms with Gasteiger partial charge >= 0.3 is 0 Å². The van der Waals surface area contributed by atoms with Gasteiger partial charge in [-0.15, -0.1) is 0 Å². The Morgan fingerprint density at radius 3 is 2.34 bits per heavy atom. The van der Waals surface area contributed by atoms with Crippen molar-refractivity contribution in [3.8, 4) is 5.75 Å². The van der Waals surface area contributed by atoms with E-state index in [9.17, 15) is 24.8 Å². The Balaban J connectivity index is 2.09. The number of hydrogen-bond donors (Lipinski definition) is 1. The quantitative estimate of drug-likeness (QED) is 0.181. The molecule has 1 unspecified atom stereocenters. The topological polar surface area (TPSA) is 117 Å². The number of ether oxygens (including phenoxy) is 1. The molecule has 0 bridgehead atoms. The van der Waals surface area contributed by atoms with Gasteiger partial charge in [0.25, 0.3) is 11.6 Å². The highest BCUT2D eigenvalue weighted by Gasteiger charge is 2.44. The summed E-state index contributed by atoms with van der Waals surface area (Å²) in [6.07, 6.45) is -0.0419. The first-order valence-corrected chi connectivity index (χ1v) is 11.8. The Morgan fingerprint density at radius 2 is 1.77 bits per heavy atom. The smallest absolute Gasteiger partial charge is 0.295 e. The van der Waals surface area contributed by atoms with E-state index in [1.54, 1.807) is 30.3 Å². The second-order valence-electron chi connectivity index (χ2n) is 8.72. The number of likely N-dealkylation sites (N-methyl/N-ethyl adjacent to an activating group) is 1. The van der Waals surface area contributed by atoms with Crippen molar-refractivity contribution >= 4 is 23.1 Å². The average Bonchev–Trinajstić information content (AvgIpc) is 3.09. The fourth-order valence-electron chi connectivity index (χ4n) is 4.25. The van der Waals surface area contributed by atoms with E-state index in [4.69, 9.17) is 4.74 Å². The molecule has 1 amide bonds. The number of likely N-dealkylation sites (tertiary alicyclic amines) is 1. The lowest BCUT2D eigenvalue weighted by atomic mass is 9.95. The van der Waals surface area contributed by atoms with Crippen LogP contribution in [0.5, 0.6) is 5.75 Å². The van der Waals surface area contributed by atoms with E-state index < -0.39 is 28.4 Å². The molecule has 1 atom stereocenters. The minimum Gasteiger partial charge on any atom is -0.872 e. The molecule has 1 heterocycles. The van der Waals surface area contributed by atoms with E-state index in [0.717, 1.165) is 13.1 Å². The summed E-state index contributed by atoms with van der Waals surface area (Å²) in [7, 11) is 0. The summed E-state index contributed by atoms with van der Waals surface area (Å²) >= 11 is 0. The molecule has 1 aliphatic heterocycles. The predicted octanol–water partition coefficient (Wildman–Crippen LogP) is 1.53. The van der Waals surface area contributed by atoms with Crippen molar-refractivity contribution in [3.63, 3.8) is 0 Å². The van der Waals surface area contributed by atoms with Crippen LogP contribution in [0.4, 0.5) is 5.69 Å². The number of carbonyl (C=O) groups is 2. The normalized spacial score (nSPS) is 17.4. The lowest BCUT2D eigenvalue weighted by Gasteiger charge is -2.28. The summed E-state index contributed by atoms with van der Waals surface area (Å²) in [6.45, 7) is 10.3. The van der Waals surface area contributed by atoms with Crippen LogP contribution in [0, 0.1) is 10.1 Å². The maximum Gasteiger partial charge on any atom is 0.295 e. The van der Waals surface area contributed by atoms with Crippen molar-refractivity contribution in [2.24, 2.45) is 0 Å². The Bertz CT molecular complexity index is 1120. The minimum atomic E-state index is -0.996. The van der Waals surface area contributed by atoms with Crippen molar-refractivity contribution in [1.29, 1.82) is 0 Å². The fourth-order valence-corrected chi connectivity index (χ4v) is 4.25. The zero-order valence-electron chi connectivity index (χ0n) is 20.4. The number of quaternary nitrogens is 1. The van der Waals surface area contributed by atoms with Crippen LogP contribution in [0.25, 0.3) is 5.76 Å². The molecule has 1 fully saturated rings. The van der Waals surface area contributed by atoms with Crippen LogP contribution in [-0.4, -0.2) is 53.8 Å². The summed E-state index contributed by atoms with van der Waals surface area (Å²) < 4.78 is 5.62. The minimum absolute atomic E-state index is 0.0419. The van der Waals surface area contributed by atoms with Gasteiger partial charge in [0.05, 0.1) is 43.2 Å². The molecule has 0 aromatic heterocycles. The number of nitro groups is 1. The van der Waals surface area contributed by atoms with Gasteiger partial charge in [0.2, 0.25) is 5.78 Å². The standard InChI is InChI=1S/C26H31N3O6/c1-5-27(6-2)14-15-28-23(19-8-7-9-20(16-19)29(33)34)22(25(31)26(28)32)24(30)18-10-12-21(13-11-18)35-17(3)4/h7-13,16-17,23,30H,5-6,14-15H2,1-4H3. The molecule has 9 heteroatoms. The number of carbonyl (C=O) groups excluding carboxylic acids is 2. The van der Waals surface area contributed by atoms with Gasteiger partial charge in [-0.25, -0.2) is 0 Å². The predicted molar refractivity (Wildman–Crippen MR) is 129 cm³/mol. The lowest BCUT2D eigenvalue weighted by molar-refractivity contribution is -0.895. The van der Waals surface area contributed by atoms with Crippen LogP contribution in [0.1, 0.15) is 44.9 Å². The van der Waals surface area contributed by atoms with Crippen molar-refractivity contribution in [1.82, 2.24) is 4.90 Å². The maximum atomic E-state index is 13.5. The van der Waals surface area contributed by atoms with Crippen molar-refractivity contribution in [3.05, 3.63) is 75.3 Å². The molecule has 2 aromatic rings. The molecule has 2 aromatic carbocycles. The molecule has 0 radical (unpaired) electrons. The molecule has 35 heavy (non-hydrogen) atoms. The third-order valence-corrected chi connectivity index (χ3v) is 6.12. The van der Waals surface area contributed by atoms with Crippen molar-refractivity contribution in [2.75, 3.05) is 26.2 Å². The summed E-state index contributed by atoms with van der Waals surface area (Å²) in [5.74, 6) is -1.64. The van der Waals surface area contributed by atoms with Crippen LogP contribution < -0.4 is 14.7 Å². The van der Waals surface area contributed by atoms with E-state index in [1.807, 2.05) is 27.7 Å². The number of amides is 1. The summed E-state index contributed by atoms with van der Waals surface area (Å²) in [4.78, 5) is 39.6. The van der Waals surface area contributed by atoms with E-state index in [-0.39, 0.29) is 29.5 Å². The molecule has 0 aliphatic carbocycles. The second kappa shape index (κ2) is 11.1. The van der Waals surface area contributed by atoms with Crippen molar-refractivity contribution in [2.45, 2.75) is 39.8 Å². The number of ketones is 1. The zero-order valence-corrected chi connectivity index (χ0v) is 20.4. The van der Waals surface area contributed by atoms with E-state index in [1.165, 1.54) is 28.0 Å². The molecule has 1 aliphatic rings. The first-order valence-electron chi connectivity index (χ1n) is 11.8. The molecule has 9 nitrogen and oxygen atoms in total. The monoisotopic (exact) mass is 481 g/mol. The summed E-state index contributed by atoms with van der Waals surface area (Å²) in [6, 6.07) is 11.1. The first-order chi connectivity index (χ1) is 16.7. The van der Waals surface area contributed by atoms with Crippen LogP contribution >= 0.6 is 0 Å². The molecular weight excluding hydrogens is 450 g/mol. The third-order valence-electron chi connectivity index (χ3n) is 6.12. The average molecular weight is 482 g/mol. The Kier molecular flexibility index (Phi) is 8.24. The number of nitro benzene ring substituents is 1. The van der Waals surface area contributed by atoms with Gasteiger partial charge in [0, 0.05) is 17.7 Å². The van der Waals surface area contributed by atoms with Crippen LogP contribution in [-0.2, 0) is 9.59 Å². The Morgan fingerprint density at radius 1 is 1.11 bits per heavy atom. The van der Waals surface area contributed by atoms with Gasteiger partial charge in [-0.05, 0) is 51.0 Å². The largest absolute Gasteiger partial charge is 0.872 e. The highest BCUT2D eigenvalue weighted by Crippen LogP contribution is 2.39. The van der Waals surface area contributed by atoms with Crippen LogP contribution in [0.2, 0.25) is 0 Å².